The van der Waals surface area contributed by atoms with Crippen molar-refractivity contribution in [1.82, 2.24) is 10.2 Å². The Kier molecular flexibility index (Phi) is 6.66. The van der Waals surface area contributed by atoms with Crippen LogP contribution in [0.4, 0.5) is 5.69 Å². The number of rotatable bonds is 8. The van der Waals surface area contributed by atoms with Gasteiger partial charge in [-0.3, -0.25) is 9.69 Å². The summed E-state index contributed by atoms with van der Waals surface area (Å²) in [5.41, 5.74) is 0.827. The van der Waals surface area contributed by atoms with Crippen LogP contribution in [0, 0.1) is 0 Å². The number of anilines is 1. The van der Waals surface area contributed by atoms with Crippen LogP contribution in [-0.2, 0) is 4.79 Å². The molecule has 1 saturated heterocycles. The van der Waals surface area contributed by atoms with Crippen LogP contribution in [0.5, 0.6) is 0 Å². The lowest BCUT2D eigenvalue weighted by Crippen LogP contribution is -2.40. The number of aliphatic hydroxyl groups is 1. The predicted molar refractivity (Wildman–Crippen MR) is 84.2 cm³/mol. The Hall–Kier alpha value is -1.43. The molecule has 1 amide bonds. The van der Waals surface area contributed by atoms with Crippen LogP contribution in [0.1, 0.15) is 19.3 Å². The van der Waals surface area contributed by atoms with Crippen molar-refractivity contribution in [3.63, 3.8) is 0 Å². The van der Waals surface area contributed by atoms with Crippen molar-refractivity contribution in [1.29, 1.82) is 0 Å². The molecule has 0 aromatic heterocycles. The molecule has 0 radical (unpaired) electrons. The third-order valence-electron chi connectivity index (χ3n) is 3.77. The summed E-state index contributed by atoms with van der Waals surface area (Å²) in [6, 6.07) is 9.98. The van der Waals surface area contributed by atoms with Gasteiger partial charge in [-0.25, -0.2) is 0 Å². The molecule has 3 N–H and O–H groups in total. The maximum absolute atomic E-state index is 11.9. The lowest BCUT2D eigenvalue weighted by atomic mass is 10.2. The first-order valence-electron chi connectivity index (χ1n) is 7.69. The molecule has 0 bridgehead atoms. The number of aliphatic hydroxyl groups excluding tert-OH is 1. The fourth-order valence-electron chi connectivity index (χ4n) is 2.66. The first-order chi connectivity index (χ1) is 10.3. The van der Waals surface area contributed by atoms with E-state index < -0.39 is 0 Å². The van der Waals surface area contributed by atoms with E-state index in [1.807, 2.05) is 30.3 Å². The largest absolute Gasteiger partial charge is 0.395 e. The van der Waals surface area contributed by atoms with E-state index in [9.17, 15) is 4.79 Å². The van der Waals surface area contributed by atoms with Crippen molar-refractivity contribution in [3.05, 3.63) is 30.3 Å². The molecular weight excluding hydrogens is 266 g/mol. The van der Waals surface area contributed by atoms with Crippen LogP contribution >= 0.6 is 0 Å². The zero-order chi connectivity index (χ0) is 14.9. The van der Waals surface area contributed by atoms with Crippen LogP contribution < -0.4 is 10.6 Å². The zero-order valence-corrected chi connectivity index (χ0v) is 12.4. The molecule has 1 aliphatic rings. The third kappa shape index (κ3) is 5.83. The average molecular weight is 291 g/mol. The van der Waals surface area contributed by atoms with Gasteiger partial charge in [0.1, 0.15) is 0 Å². The van der Waals surface area contributed by atoms with Crippen molar-refractivity contribution in [3.8, 4) is 0 Å². The molecule has 1 fully saturated rings. The summed E-state index contributed by atoms with van der Waals surface area (Å²) in [7, 11) is 0. The van der Waals surface area contributed by atoms with E-state index in [0.717, 1.165) is 18.8 Å². The number of amides is 1. The van der Waals surface area contributed by atoms with Crippen molar-refractivity contribution in [2.45, 2.75) is 25.3 Å². The number of nitrogens with zero attached hydrogens (tertiary/aromatic N) is 1. The number of carbonyl (C=O) groups excluding carboxylic acids is 1. The number of para-hydroxylation sites is 1. The van der Waals surface area contributed by atoms with Gasteiger partial charge in [-0.1, -0.05) is 18.2 Å². The Balaban J connectivity index is 1.73. The summed E-state index contributed by atoms with van der Waals surface area (Å²) in [4.78, 5) is 14.1. The van der Waals surface area contributed by atoms with Gasteiger partial charge in [0.25, 0.3) is 0 Å². The van der Waals surface area contributed by atoms with E-state index in [0.29, 0.717) is 25.6 Å². The van der Waals surface area contributed by atoms with Crippen LogP contribution in [0.2, 0.25) is 0 Å². The van der Waals surface area contributed by atoms with Gasteiger partial charge in [0.15, 0.2) is 0 Å². The minimum Gasteiger partial charge on any atom is -0.395 e. The molecule has 1 aliphatic heterocycles. The summed E-state index contributed by atoms with van der Waals surface area (Å²) >= 11 is 0. The lowest BCUT2D eigenvalue weighted by Gasteiger charge is -2.24. The first kappa shape index (κ1) is 15.9. The maximum Gasteiger partial charge on any atom is 0.225 e. The number of hydrogen-bond donors (Lipinski definition) is 3. The van der Waals surface area contributed by atoms with E-state index in [-0.39, 0.29) is 12.5 Å². The van der Waals surface area contributed by atoms with E-state index in [4.69, 9.17) is 5.11 Å². The number of hydrogen-bond acceptors (Lipinski definition) is 4. The minimum absolute atomic E-state index is 0.0171. The molecule has 1 unspecified atom stereocenters. The molecule has 116 valence electrons. The Labute approximate surface area is 126 Å². The molecule has 1 aromatic carbocycles. The van der Waals surface area contributed by atoms with Gasteiger partial charge in [-0.05, 0) is 31.5 Å². The molecule has 1 aromatic rings. The van der Waals surface area contributed by atoms with Gasteiger partial charge in [0.2, 0.25) is 5.91 Å². The lowest BCUT2D eigenvalue weighted by molar-refractivity contribution is -0.116. The molecular formula is C16H25N3O2. The average Bonchev–Trinajstić information content (AvgIpc) is 2.99. The smallest absolute Gasteiger partial charge is 0.225 e. The first-order valence-corrected chi connectivity index (χ1v) is 7.69. The number of carbonyl (C=O) groups is 1. The Morgan fingerprint density at radius 2 is 2.14 bits per heavy atom. The summed E-state index contributed by atoms with van der Waals surface area (Å²) < 4.78 is 0. The molecule has 1 atom stereocenters. The molecule has 5 heteroatoms. The molecule has 5 nitrogen and oxygen atoms in total. The second-order valence-electron chi connectivity index (χ2n) is 5.48. The van der Waals surface area contributed by atoms with Crippen LogP contribution in [0.15, 0.2) is 30.3 Å². The van der Waals surface area contributed by atoms with Crippen molar-refractivity contribution < 1.29 is 9.90 Å². The predicted octanol–water partition coefficient (Wildman–Crippen LogP) is 1.06. The molecule has 21 heavy (non-hydrogen) atoms. The monoisotopic (exact) mass is 291 g/mol. The fourth-order valence-corrected chi connectivity index (χ4v) is 2.66. The molecule has 2 rings (SSSR count). The highest BCUT2D eigenvalue weighted by molar-refractivity contribution is 5.90. The van der Waals surface area contributed by atoms with Gasteiger partial charge in [-0.2, -0.15) is 0 Å². The van der Waals surface area contributed by atoms with Gasteiger partial charge < -0.3 is 15.7 Å². The Morgan fingerprint density at radius 1 is 1.33 bits per heavy atom. The van der Waals surface area contributed by atoms with E-state index in [1.54, 1.807) is 0 Å². The SMILES string of the molecule is O=C(CCN(CCO)CC1CCCN1)Nc1ccccc1. The summed E-state index contributed by atoms with van der Waals surface area (Å²) in [5.74, 6) is 0.0171. The fraction of sp³-hybridized carbons (Fsp3) is 0.562. The van der Waals surface area contributed by atoms with Crippen LogP contribution in [-0.4, -0.2) is 54.7 Å². The topological polar surface area (TPSA) is 64.6 Å². The summed E-state index contributed by atoms with van der Waals surface area (Å²) in [6.07, 6.45) is 2.84. The van der Waals surface area contributed by atoms with Crippen molar-refractivity contribution >= 4 is 11.6 Å². The summed E-state index contributed by atoms with van der Waals surface area (Å²) in [5, 5.41) is 15.5. The van der Waals surface area contributed by atoms with E-state index >= 15 is 0 Å². The summed E-state index contributed by atoms with van der Waals surface area (Å²) in [6.45, 7) is 3.41. The normalized spacial score (nSPS) is 18.1. The maximum atomic E-state index is 11.9. The quantitative estimate of drug-likeness (QED) is 0.670. The highest BCUT2D eigenvalue weighted by Crippen LogP contribution is 2.08. The molecule has 0 saturated carbocycles. The standard InChI is InChI=1S/C16H25N3O2/c20-12-11-19(13-15-7-4-9-17-15)10-8-16(21)18-14-5-2-1-3-6-14/h1-3,5-6,15,17,20H,4,7-13H2,(H,18,21). The van der Waals surface area contributed by atoms with E-state index in [2.05, 4.69) is 15.5 Å². The minimum atomic E-state index is 0.0171. The van der Waals surface area contributed by atoms with Gasteiger partial charge in [0, 0.05) is 37.8 Å². The number of nitrogens with one attached hydrogen (secondary N) is 2. The molecule has 0 spiro atoms. The molecule has 0 aliphatic carbocycles. The van der Waals surface area contributed by atoms with Crippen LogP contribution in [0.25, 0.3) is 0 Å². The zero-order valence-electron chi connectivity index (χ0n) is 12.4. The second-order valence-corrected chi connectivity index (χ2v) is 5.48. The van der Waals surface area contributed by atoms with E-state index in [1.165, 1.54) is 12.8 Å². The van der Waals surface area contributed by atoms with Gasteiger partial charge in [0.05, 0.1) is 6.61 Å². The van der Waals surface area contributed by atoms with Crippen molar-refractivity contribution in [2.24, 2.45) is 0 Å². The Bertz CT molecular complexity index is 419. The van der Waals surface area contributed by atoms with Crippen LogP contribution in [0.3, 0.4) is 0 Å². The molecule has 1 heterocycles. The Morgan fingerprint density at radius 3 is 2.81 bits per heavy atom. The van der Waals surface area contributed by atoms with Gasteiger partial charge in [-0.15, -0.1) is 0 Å². The van der Waals surface area contributed by atoms with Crippen molar-refractivity contribution in [2.75, 3.05) is 38.1 Å². The highest BCUT2D eigenvalue weighted by Gasteiger charge is 2.18. The van der Waals surface area contributed by atoms with Gasteiger partial charge >= 0.3 is 0 Å². The number of benzene rings is 1. The second kappa shape index (κ2) is 8.77. The highest BCUT2D eigenvalue weighted by atomic mass is 16.3. The third-order valence-corrected chi connectivity index (χ3v) is 3.77.